The van der Waals surface area contributed by atoms with Crippen LogP contribution in [0.2, 0.25) is 0 Å². The van der Waals surface area contributed by atoms with Crippen molar-refractivity contribution >= 4 is 5.78 Å². The van der Waals surface area contributed by atoms with Crippen LogP contribution in [0.15, 0.2) is 36.1 Å². The Morgan fingerprint density at radius 1 is 1.32 bits per heavy atom. The molecule has 2 heterocycles. The number of allylic oxidation sites excluding steroid dienone is 1. The van der Waals surface area contributed by atoms with E-state index in [1.165, 1.54) is 6.08 Å². The Hall–Kier alpha value is -1.81. The fourth-order valence-corrected chi connectivity index (χ4v) is 3.29. The fraction of sp³-hybridized carbons (Fsp3) is 0.400. The van der Waals surface area contributed by atoms with Crippen LogP contribution in [0.1, 0.15) is 24.3 Å². The van der Waals surface area contributed by atoms with Crippen LogP contribution in [0.4, 0.5) is 0 Å². The first-order chi connectivity index (χ1) is 9.18. The van der Waals surface area contributed by atoms with Gasteiger partial charge in [0.25, 0.3) is 0 Å². The SMILES string of the molecule is O=C1C=C2OC[C@H]3c4ccccc4O[C@H]3[C@@]2(O)CC1. The van der Waals surface area contributed by atoms with Gasteiger partial charge >= 0.3 is 0 Å². The number of hydrogen-bond donors (Lipinski definition) is 1. The highest BCUT2D eigenvalue weighted by Crippen LogP contribution is 2.50. The smallest absolute Gasteiger partial charge is 0.159 e. The minimum Gasteiger partial charge on any atom is -0.494 e. The predicted molar refractivity (Wildman–Crippen MR) is 66.8 cm³/mol. The minimum atomic E-state index is -1.17. The van der Waals surface area contributed by atoms with Crippen LogP contribution in [-0.2, 0) is 9.53 Å². The van der Waals surface area contributed by atoms with Crippen LogP contribution >= 0.6 is 0 Å². The molecule has 98 valence electrons. The van der Waals surface area contributed by atoms with Gasteiger partial charge in [-0.3, -0.25) is 4.79 Å². The summed E-state index contributed by atoms with van der Waals surface area (Å²) in [5.74, 6) is 1.23. The Morgan fingerprint density at radius 2 is 2.16 bits per heavy atom. The van der Waals surface area contributed by atoms with Gasteiger partial charge in [-0.2, -0.15) is 0 Å². The molecule has 1 aromatic carbocycles. The van der Waals surface area contributed by atoms with E-state index in [0.29, 0.717) is 25.2 Å². The topological polar surface area (TPSA) is 55.8 Å². The van der Waals surface area contributed by atoms with Crippen molar-refractivity contribution in [3.05, 3.63) is 41.7 Å². The van der Waals surface area contributed by atoms with Crippen molar-refractivity contribution in [3.8, 4) is 5.75 Å². The second-order valence-electron chi connectivity index (χ2n) is 5.39. The van der Waals surface area contributed by atoms with Crippen molar-refractivity contribution in [2.75, 3.05) is 6.61 Å². The molecule has 1 aromatic rings. The summed E-state index contributed by atoms with van der Waals surface area (Å²) in [6.45, 7) is 0.448. The van der Waals surface area contributed by atoms with E-state index in [0.717, 1.165) is 11.3 Å². The Bertz CT molecular complexity index is 592. The predicted octanol–water partition coefficient (Wildman–Crippen LogP) is 1.54. The maximum absolute atomic E-state index is 11.5. The van der Waals surface area contributed by atoms with Gasteiger partial charge in [0.15, 0.2) is 11.4 Å². The molecule has 0 amide bonds. The molecule has 0 unspecified atom stereocenters. The Balaban J connectivity index is 1.79. The van der Waals surface area contributed by atoms with Gasteiger partial charge in [-0.15, -0.1) is 0 Å². The lowest BCUT2D eigenvalue weighted by atomic mass is 9.76. The minimum absolute atomic E-state index is 0.00800. The third-order valence-electron chi connectivity index (χ3n) is 4.30. The molecule has 2 aliphatic heterocycles. The van der Waals surface area contributed by atoms with Gasteiger partial charge in [0.1, 0.15) is 17.6 Å². The van der Waals surface area contributed by atoms with Crippen molar-refractivity contribution in [3.63, 3.8) is 0 Å². The van der Waals surface area contributed by atoms with E-state index in [4.69, 9.17) is 9.47 Å². The zero-order valence-electron chi connectivity index (χ0n) is 10.3. The number of ketones is 1. The molecular weight excluding hydrogens is 244 g/mol. The van der Waals surface area contributed by atoms with Crippen LogP contribution < -0.4 is 4.74 Å². The molecule has 19 heavy (non-hydrogen) atoms. The van der Waals surface area contributed by atoms with E-state index in [2.05, 4.69) is 0 Å². The van der Waals surface area contributed by atoms with Crippen molar-refractivity contribution in [1.29, 1.82) is 0 Å². The molecule has 3 aliphatic rings. The summed E-state index contributed by atoms with van der Waals surface area (Å²) in [7, 11) is 0. The summed E-state index contributed by atoms with van der Waals surface area (Å²) >= 11 is 0. The van der Waals surface area contributed by atoms with Gasteiger partial charge in [-0.1, -0.05) is 18.2 Å². The molecule has 0 bridgehead atoms. The summed E-state index contributed by atoms with van der Waals surface area (Å²) in [5.41, 5.74) is -0.0903. The first-order valence-electron chi connectivity index (χ1n) is 6.54. The van der Waals surface area contributed by atoms with E-state index < -0.39 is 5.60 Å². The first kappa shape index (κ1) is 11.1. The van der Waals surface area contributed by atoms with Crippen LogP contribution in [0.5, 0.6) is 5.75 Å². The maximum Gasteiger partial charge on any atom is 0.159 e. The number of carbonyl (C=O) groups excluding carboxylic acids is 1. The summed E-state index contributed by atoms with van der Waals surface area (Å²) in [4.78, 5) is 11.5. The van der Waals surface area contributed by atoms with Gasteiger partial charge in [-0.05, 0) is 12.5 Å². The summed E-state index contributed by atoms with van der Waals surface area (Å²) < 4.78 is 11.6. The zero-order chi connectivity index (χ0) is 13.0. The molecule has 3 atom stereocenters. The molecule has 1 saturated heterocycles. The molecule has 4 heteroatoms. The number of fused-ring (bicyclic) bond motifs is 5. The van der Waals surface area contributed by atoms with Gasteiger partial charge in [0.05, 0.1) is 12.5 Å². The lowest BCUT2D eigenvalue weighted by Gasteiger charge is -2.43. The average Bonchev–Trinajstić information content (AvgIpc) is 2.80. The molecule has 0 aromatic heterocycles. The lowest BCUT2D eigenvalue weighted by molar-refractivity contribution is -0.132. The summed E-state index contributed by atoms with van der Waals surface area (Å²) in [6, 6.07) is 7.80. The van der Waals surface area contributed by atoms with Crippen molar-refractivity contribution in [1.82, 2.24) is 0 Å². The van der Waals surface area contributed by atoms with Crippen LogP contribution in [0, 0.1) is 0 Å². The second kappa shape index (κ2) is 3.61. The van der Waals surface area contributed by atoms with Gasteiger partial charge in [0.2, 0.25) is 0 Å². The molecule has 1 N–H and O–H groups in total. The number of rotatable bonds is 0. The number of para-hydroxylation sites is 1. The number of carbonyl (C=O) groups is 1. The van der Waals surface area contributed by atoms with Gasteiger partial charge in [-0.25, -0.2) is 0 Å². The number of aliphatic hydroxyl groups is 1. The van der Waals surface area contributed by atoms with Crippen LogP contribution in [0.25, 0.3) is 0 Å². The lowest BCUT2D eigenvalue weighted by Crippen LogP contribution is -2.55. The summed E-state index contributed by atoms with van der Waals surface area (Å²) in [6.07, 6.45) is 1.78. The first-order valence-corrected chi connectivity index (χ1v) is 6.54. The van der Waals surface area contributed by atoms with Crippen LogP contribution in [-0.4, -0.2) is 29.2 Å². The molecule has 0 radical (unpaired) electrons. The molecule has 1 aliphatic carbocycles. The average molecular weight is 258 g/mol. The van der Waals surface area contributed by atoms with Crippen molar-refractivity contribution < 1.29 is 19.4 Å². The van der Waals surface area contributed by atoms with E-state index >= 15 is 0 Å². The third kappa shape index (κ3) is 1.40. The highest BCUT2D eigenvalue weighted by molar-refractivity contribution is 5.91. The van der Waals surface area contributed by atoms with E-state index in [1.807, 2.05) is 24.3 Å². The van der Waals surface area contributed by atoms with Gasteiger partial charge in [0, 0.05) is 18.1 Å². The molecule has 0 spiro atoms. The normalized spacial score (nSPS) is 35.4. The molecular formula is C15H14O4. The number of benzene rings is 1. The largest absolute Gasteiger partial charge is 0.494 e. The standard InChI is InChI=1S/C15H14O4/c16-9-5-6-15(17)13(7-9)18-8-11-10-3-1-2-4-12(10)19-14(11)15/h1-4,7,11,14,17H,5-6,8H2/t11-,14+,15+/m0/s1. The zero-order valence-corrected chi connectivity index (χ0v) is 10.3. The number of ether oxygens (including phenoxy) is 2. The highest BCUT2D eigenvalue weighted by atomic mass is 16.5. The molecule has 4 rings (SSSR count). The van der Waals surface area contributed by atoms with E-state index in [-0.39, 0.29) is 17.8 Å². The fourth-order valence-electron chi connectivity index (χ4n) is 3.29. The molecule has 1 fully saturated rings. The quantitative estimate of drug-likeness (QED) is 0.767. The monoisotopic (exact) mass is 258 g/mol. The number of hydrogen-bond acceptors (Lipinski definition) is 4. The second-order valence-corrected chi connectivity index (χ2v) is 5.39. The highest BCUT2D eigenvalue weighted by Gasteiger charge is 2.56. The van der Waals surface area contributed by atoms with Gasteiger partial charge < -0.3 is 14.6 Å². The van der Waals surface area contributed by atoms with E-state index in [9.17, 15) is 9.90 Å². The third-order valence-corrected chi connectivity index (χ3v) is 4.30. The van der Waals surface area contributed by atoms with Crippen LogP contribution in [0.3, 0.4) is 0 Å². The van der Waals surface area contributed by atoms with Crippen molar-refractivity contribution in [2.24, 2.45) is 0 Å². The Labute approximate surface area is 110 Å². The summed E-state index contributed by atoms with van der Waals surface area (Å²) in [5, 5.41) is 10.9. The Morgan fingerprint density at radius 3 is 3.05 bits per heavy atom. The van der Waals surface area contributed by atoms with E-state index in [1.54, 1.807) is 0 Å². The molecule has 0 saturated carbocycles. The molecule has 4 nitrogen and oxygen atoms in total. The van der Waals surface area contributed by atoms with Crippen molar-refractivity contribution in [2.45, 2.75) is 30.5 Å². The maximum atomic E-state index is 11.5. The Kier molecular flexibility index (Phi) is 2.10.